The molecule has 0 aliphatic heterocycles. The molecule has 1 N–H and O–H groups in total. The van der Waals surface area contributed by atoms with Crippen molar-refractivity contribution in [3.63, 3.8) is 0 Å². The Labute approximate surface area is 120 Å². The van der Waals surface area contributed by atoms with Gasteiger partial charge in [0.15, 0.2) is 0 Å². The van der Waals surface area contributed by atoms with E-state index in [9.17, 15) is 14.7 Å². The van der Waals surface area contributed by atoms with E-state index in [0.717, 1.165) is 0 Å². The maximum atomic E-state index is 12.0. The van der Waals surface area contributed by atoms with E-state index in [1.165, 1.54) is 11.0 Å². The summed E-state index contributed by atoms with van der Waals surface area (Å²) in [6, 6.07) is 4.59. The van der Waals surface area contributed by atoms with Crippen molar-refractivity contribution >= 4 is 27.8 Å². The molecule has 0 saturated heterocycles. The average Bonchev–Trinajstić information content (AvgIpc) is 2.38. The van der Waals surface area contributed by atoms with Crippen LogP contribution in [0.1, 0.15) is 23.7 Å². The highest BCUT2D eigenvalue weighted by Gasteiger charge is 2.14. The van der Waals surface area contributed by atoms with Crippen LogP contribution in [0, 0.1) is 0 Å². The van der Waals surface area contributed by atoms with E-state index in [-0.39, 0.29) is 30.6 Å². The van der Waals surface area contributed by atoms with Crippen molar-refractivity contribution in [3.05, 3.63) is 28.2 Å². The molecule has 0 aliphatic carbocycles. The van der Waals surface area contributed by atoms with Gasteiger partial charge in [-0.15, -0.1) is 0 Å². The third-order valence-electron chi connectivity index (χ3n) is 2.50. The molecule has 1 amide bonds. The lowest BCUT2D eigenvalue weighted by Crippen LogP contribution is -2.29. The van der Waals surface area contributed by atoms with Crippen molar-refractivity contribution in [1.29, 1.82) is 0 Å². The van der Waals surface area contributed by atoms with E-state index in [1.54, 1.807) is 26.1 Å². The lowest BCUT2D eigenvalue weighted by Gasteiger charge is -2.16. The topological polar surface area (TPSA) is 66.8 Å². The zero-order valence-corrected chi connectivity index (χ0v) is 12.4. The molecule has 0 fully saturated rings. The summed E-state index contributed by atoms with van der Waals surface area (Å²) >= 11 is 3.15. The van der Waals surface area contributed by atoms with Gasteiger partial charge in [-0.3, -0.25) is 9.59 Å². The number of amides is 1. The number of hydrogen-bond acceptors (Lipinski definition) is 4. The maximum absolute atomic E-state index is 12.0. The van der Waals surface area contributed by atoms with Crippen molar-refractivity contribution in [2.24, 2.45) is 0 Å². The number of carbonyl (C=O) groups excluding carboxylic acids is 2. The molecule has 19 heavy (non-hydrogen) atoms. The number of phenolic OH excluding ortho intramolecular Hbond substituents is 1. The van der Waals surface area contributed by atoms with Crippen LogP contribution in [0.3, 0.4) is 0 Å². The van der Waals surface area contributed by atoms with Gasteiger partial charge in [-0.25, -0.2) is 0 Å². The minimum Gasteiger partial charge on any atom is -0.507 e. The van der Waals surface area contributed by atoms with Gasteiger partial charge in [0, 0.05) is 19.2 Å². The average molecular weight is 330 g/mol. The molecule has 0 bridgehead atoms. The van der Waals surface area contributed by atoms with Crippen molar-refractivity contribution in [1.82, 2.24) is 4.90 Å². The molecule has 5 nitrogen and oxygen atoms in total. The predicted molar refractivity (Wildman–Crippen MR) is 74.0 cm³/mol. The van der Waals surface area contributed by atoms with Gasteiger partial charge >= 0.3 is 5.97 Å². The highest BCUT2D eigenvalue weighted by molar-refractivity contribution is 9.10. The molecule has 1 aromatic rings. The zero-order chi connectivity index (χ0) is 14.4. The quantitative estimate of drug-likeness (QED) is 0.841. The Balaban J connectivity index is 2.61. The Hall–Kier alpha value is -1.56. The largest absolute Gasteiger partial charge is 0.507 e. The molecule has 6 heteroatoms. The van der Waals surface area contributed by atoms with Crippen LogP contribution in [0.5, 0.6) is 5.75 Å². The number of ether oxygens (including phenoxy) is 1. The summed E-state index contributed by atoms with van der Waals surface area (Å²) in [5.41, 5.74) is 0.368. The summed E-state index contributed by atoms with van der Waals surface area (Å²) in [6.07, 6.45) is 0.151. The minimum absolute atomic E-state index is 0.00430. The SMILES string of the molecule is CCOC(=O)CCN(C)C(=O)c1ccc(Br)c(O)c1. The van der Waals surface area contributed by atoms with Crippen LogP contribution in [0.15, 0.2) is 22.7 Å². The monoisotopic (exact) mass is 329 g/mol. The number of rotatable bonds is 5. The number of nitrogens with zero attached hydrogens (tertiary/aromatic N) is 1. The number of benzene rings is 1. The Kier molecular flexibility index (Phi) is 5.82. The molecule has 0 spiro atoms. The van der Waals surface area contributed by atoms with Gasteiger partial charge in [0.25, 0.3) is 5.91 Å². The van der Waals surface area contributed by atoms with Gasteiger partial charge in [0.2, 0.25) is 0 Å². The van der Waals surface area contributed by atoms with E-state index < -0.39 is 0 Å². The van der Waals surface area contributed by atoms with Crippen LogP contribution >= 0.6 is 15.9 Å². The number of aromatic hydroxyl groups is 1. The number of phenols is 1. The van der Waals surface area contributed by atoms with Gasteiger partial charge in [-0.2, -0.15) is 0 Å². The van der Waals surface area contributed by atoms with E-state index in [4.69, 9.17) is 4.74 Å². The van der Waals surface area contributed by atoms with Gasteiger partial charge in [-0.1, -0.05) is 0 Å². The summed E-state index contributed by atoms with van der Waals surface area (Å²) in [7, 11) is 1.60. The van der Waals surface area contributed by atoms with Crippen molar-refractivity contribution in [2.45, 2.75) is 13.3 Å². The van der Waals surface area contributed by atoms with Gasteiger partial charge in [-0.05, 0) is 41.1 Å². The lowest BCUT2D eigenvalue weighted by molar-refractivity contribution is -0.143. The molecule has 0 heterocycles. The van der Waals surface area contributed by atoms with Gasteiger partial charge in [0.05, 0.1) is 17.5 Å². The maximum Gasteiger partial charge on any atom is 0.307 e. The fraction of sp³-hybridized carbons (Fsp3) is 0.385. The molecule has 0 aromatic heterocycles. The Morgan fingerprint density at radius 3 is 2.68 bits per heavy atom. The summed E-state index contributed by atoms with van der Waals surface area (Å²) in [5.74, 6) is -0.586. The number of hydrogen-bond donors (Lipinski definition) is 1. The van der Waals surface area contributed by atoms with Crippen LogP contribution < -0.4 is 0 Å². The molecule has 1 rings (SSSR count). The third-order valence-corrected chi connectivity index (χ3v) is 3.17. The first-order valence-electron chi connectivity index (χ1n) is 5.85. The fourth-order valence-corrected chi connectivity index (χ4v) is 1.71. The normalized spacial score (nSPS) is 10.1. The summed E-state index contributed by atoms with van der Waals surface area (Å²) < 4.78 is 5.32. The molecule has 1 aromatic carbocycles. The molecule has 0 aliphatic rings. The summed E-state index contributed by atoms with van der Waals surface area (Å²) in [6.45, 7) is 2.34. The Morgan fingerprint density at radius 2 is 2.11 bits per heavy atom. The second-order valence-electron chi connectivity index (χ2n) is 3.95. The standard InChI is InChI=1S/C13H16BrNO4/c1-3-19-12(17)6-7-15(2)13(18)9-4-5-10(14)11(16)8-9/h4-5,8,16H,3,6-7H2,1-2H3. The van der Waals surface area contributed by atoms with Crippen LogP contribution in [-0.4, -0.2) is 42.1 Å². The molecule has 0 atom stereocenters. The minimum atomic E-state index is -0.333. The van der Waals surface area contributed by atoms with Crippen molar-refractivity contribution in [3.8, 4) is 5.75 Å². The predicted octanol–water partition coefficient (Wildman–Crippen LogP) is 2.18. The van der Waals surface area contributed by atoms with Gasteiger partial charge in [0.1, 0.15) is 5.75 Å². The number of halogens is 1. The van der Waals surface area contributed by atoms with Crippen LogP contribution in [-0.2, 0) is 9.53 Å². The van der Waals surface area contributed by atoms with Crippen LogP contribution in [0.2, 0.25) is 0 Å². The van der Waals surface area contributed by atoms with E-state index in [1.807, 2.05) is 0 Å². The first-order chi connectivity index (χ1) is 8.95. The zero-order valence-electron chi connectivity index (χ0n) is 10.9. The molecule has 104 valence electrons. The van der Waals surface area contributed by atoms with E-state index in [0.29, 0.717) is 16.6 Å². The highest BCUT2D eigenvalue weighted by atomic mass is 79.9. The number of esters is 1. The summed E-state index contributed by atoms with van der Waals surface area (Å²) in [5, 5.41) is 9.53. The molecule has 0 radical (unpaired) electrons. The second-order valence-corrected chi connectivity index (χ2v) is 4.80. The van der Waals surface area contributed by atoms with Gasteiger partial charge < -0.3 is 14.7 Å². The smallest absolute Gasteiger partial charge is 0.307 e. The number of carbonyl (C=O) groups is 2. The first-order valence-corrected chi connectivity index (χ1v) is 6.64. The molecule has 0 saturated carbocycles. The molecule has 0 unspecified atom stereocenters. The Morgan fingerprint density at radius 1 is 1.42 bits per heavy atom. The van der Waals surface area contributed by atoms with Crippen molar-refractivity contribution in [2.75, 3.05) is 20.2 Å². The first kappa shape index (κ1) is 15.5. The second kappa shape index (κ2) is 7.13. The lowest BCUT2D eigenvalue weighted by atomic mass is 10.2. The molecular weight excluding hydrogens is 314 g/mol. The van der Waals surface area contributed by atoms with E-state index in [2.05, 4.69) is 15.9 Å². The highest BCUT2D eigenvalue weighted by Crippen LogP contribution is 2.24. The van der Waals surface area contributed by atoms with Crippen molar-refractivity contribution < 1.29 is 19.4 Å². The fourth-order valence-electron chi connectivity index (χ4n) is 1.46. The van der Waals surface area contributed by atoms with E-state index >= 15 is 0 Å². The van der Waals surface area contributed by atoms with Crippen LogP contribution in [0.25, 0.3) is 0 Å². The van der Waals surface area contributed by atoms with Crippen LogP contribution in [0.4, 0.5) is 0 Å². The third kappa shape index (κ3) is 4.55. The Bertz CT molecular complexity index is 476. The molecular formula is C13H16BrNO4. The summed E-state index contributed by atoms with van der Waals surface area (Å²) in [4.78, 5) is 24.6.